The Kier molecular flexibility index (Phi) is 8.20. The zero-order valence-corrected chi connectivity index (χ0v) is 22.0. The summed E-state index contributed by atoms with van der Waals surface area (Å²) in [4.78, 5) is 10.3. The van der Waals surface area contributed by atoms with Crippen molar-refractivity contribution in [1.82, 2.24) is 4.90 Å². The lowest BCUT2D eigenvalue weighted by molar-refractivity contribution is 0.256. The lowest BCUT2D eigenvalue weighted by Gasteiger charge is -2.22. The van der Waals surface area contributed by atoms with Gasteiger partial charge in [-0.3, -0.25) is 4.99 Å². The van der Waals surface area contributed by atoms with Crippen LogP contribution in [0.25, 0.3) is 16.0 Å². The average molecular weight is 518 g/mol. The molecule has 0 amide bonds. The van der Waals surface area contributed by atoms with Crippen molar-refractivity contribution < 1.29 is 14.6 Å². The van der Waals surface area contributed by atoms with Gasteiger partial charge >= 0.3 is 0 Å². The smallest absolute Gasteiger partial charge is 0.187 e. The predicted molar refractivity (Wildman–Crippen MR) is 154 cm³/mol. The monoisotopic (exact) mass is 517 g/mol. The van der Waals surface area contributed by atoms with Gasteiger partial charge in [0.15, 0.2) is 5.69 Å². The number of aliphatic hydroxyl groups excluding tert-OH is 1. The van der Waals surface area contributed by atoms with Gasteiger partial charge < -0.3 is 19.5 Å². The van der Waals surface area contributed by atoms with Gasteiger partial charge in [-0.15, -0.1) is 0 Å². The minimum Gasteiger partial charge on any atom is -0.489 e. The Morgan fingerprint density at radius 3 is 2.56 bits per heavy atom. The fourth-order valence-corrected chi connectivity index (χ4v) is 4.78. The molecule has 6 nitrogen and oxygen atoms in total. The Balaban J connectivity index is 1.39. The fourth-order valence-electron chi connectivity index (χ4n) is 4.78. The molecule has 0 bridgehead atoms. The molecule has 1 N–H and O–H groups in total. The summed E-state index contributed by atoms with van der Waals surface area (Å²) in [6.07, 6.45) is 0. The topological polar surface area (TPSA) is 58.7 Å². The van der Waals surface area contributed by atoms with E-state index >= 15 is 0 Å². The largest absolute Gasteiger partial charge is 0.489 e. The maximum absolute atomic E-state index is 9.53. The number of ether oxygens (including phenoxy) is 2. The van der Waals surface area contributed by atoms with Crippen molar-refractivity contribution in [3.63, 3.8) is 0 Å². The number of amidine groups is 1. The fraction of sp³-hybridized carbons (Fsp3) is 0.212. The highest BCUT2D eigenvalue weighted by molar-refractivity contribution is 6.02. The molecule has 5 rings (SSSR count). The Labute approximate surface area is 229 Å². The van der Waals surface area contributed by atoms with E-state index in [2.05, 4.69) is 59.1 Å². The maximum Gasteiger partial charge on any atom is 0.187 e. The summed E-state index contributed by atoms with van der Waals surface area (Å²) in [5, 5.41) is 9.53. The van der Waals surface area contributed by atoms with Crippen LogP contribution in [-0.4, -0.2) is 42.1 Å². The summed E-state index contributed by atoms with van der Waals surface area (Å²) in [5.41, 5.74) is 7.04. The van der Waals surface area contributed by atoms with Crippen LogP contribution >= 0.6 is 0 Å². The first-order valence-electron chi connectivity index (χ1n) is 13.1. The van der Waals surface area contributed by atoms with Crippen molar-refractivity contribution in [3.05, 3.63) is 125 Å². The quantitative estimate of drug-likeness (QED) is 0.247. The second-order valence-corrected chi connectivity index (χ2v) is 9.39. The van der Waals surface area contributed by atoms with Gasteiger partial charge in [0, 0.05) is 19.2 Å². The molecule has 0 atom stereocenters. The first-order chi connectivity index (χ1) is 19.2. The van der Waals surface area contributed by atoms with Crippen LogP contribution in [-0.2, 0) is 13.2 Å². The minimum absolute atomic E-state index is 0.0568. The molecule has 1 aliphatic heterocycles. The van der Waals surface area contributed by atoms with Gasteiger partial charge in [-0.25, -0.2) is 4.85 Å². The van der Waals surface area contributed by atoms with Gasteiger partial charge in [-0.1, -0.05) is 66.7 Å². The van der Waals surface area contributed by atoms with E-state index < -0.39 is 0 Å². The number of benzene rings is 4. The lowest BCUT2D eigenvalue weighted by Crippen LogP contribution is -2.31. The van der Waals surface area contributed by atoms with Crippen LogP contribution in [0.2, 0.25) is 0 Å². The third-order valence-electron chi connectivity index (χ3n) is 6.85. The molecular weight excluding hydrogens is 486 g/mol. The van der Waals surface area contributed by atoms with Crippen LogP contribution in [0.4, 0.5) is 5.69 Å². The summed E-state index contributed by atoms with van der Waals surface area (Å²) >= 11 is 0. The van der Waals surface area contributed by atoms with E-state index in [1.807, 2.05) is 42.5 Å². The molecular formula is C33H31N3O3. The number of hydrogen-bond acceptors (Lipinski definition) is 5. The standard InChI is InChI=1S/C33H31N3O3/c1-24-27(11-7-13-30(24)26-9-4-3-5-10-26)23-38-29-14-15-31(33-35-16-17-36(33)18-19-37)32(21-29)39-22-25-8-6-12-28(20-25)34-2/h3-15,20-21,37H,16-19,22-23H2,1H3. The second kappa shape index (κ2) is 12.3. The summed E-state index contributed by atoms with van der Waals surface area (Å²) < 4.78 is 12.6. The highest BCUT2D eigenvalue weighted by Crippen LogP contribution is 2.31. The van der Waals surface area contributed by atoms with Gasteiger partial charge in [-0.2, -0.15) is 0 Å². The Morgan fingerprint density at radius 1 is 0.897 bits per heavy atom. The molecule has 0 radical (unpaired) electrons. The van der Waals surface area contributed by atoms with Crippen molar-refractivity contribution >= 4 is 11.5 Å². The average Bonchev–Trinajstić information content (AvgIpc) is 3.44. The molecule has 0 saturated heterocycles. The molecule has 196 valence electrons. The summed E-state index contributed by atoms with van der Waals surface area (Å²) in [6.45, 7) is 12.2. The normalized spacial score (nSPS) is 12.6. The highest BCUT2D eigenvalue weighted by atomic mass is 16.5. The zero-order valence-electron chi connectivity index (χ0n) is 22.0. The van der Waals surface area contributed by atoms with Crippen LogP contribution in [0.3, 0.4) is 0 Å². The third kappa shape index (κ3) is 6.11. The maximum atomic E-state index is 9.53. The van der Waals surface area contributed by atoms with Crippen LogP contribution in [0, 0.1) is 13.5 Å². The number of hydrogen-bond donors (Lipinski definition) is 1. The molecule has 39 heavy (non-hydrogen) atoms. The zero-order chi connectivity index (χ0) is 27.0. The molecule has 4 aromatic carbocycles. The van der Waals surface area contributed by atoms with Crippen molar-refractivity contribution in [2.24, 2.45) is 4.99 Å². The van der Waals surface area contributed by atoms with Crippen molar-refractivity contribution in [1.29, 1.82) is 0 Å². The minimum atomic E-state index is 0.0568. The van der Waals surface area contributed by atoms with Crippen molar-refractivity contribution in [3.8, 4) is 22.6 Å². The summed E-state index contributed by atoms with van der Waals surface area (Å²) in [7, 11) is 0. The number of β-amino-alcohol motifs (C(OH)–C–C–N with tert-alkyl or cyclic N) is 1. The van der Waals surface area contributed by atoms with E-state index in [0.29, 0.717) is 43.5 Å². The Morgan fingerprint density at radius 2 is 1.74 bits per heavy atom. The van der Waals surface area contributed by atoms with E-state index in [9.17, 15) is 5.11 Å². The third-order valence-corrected chi connectivity index (χ3v) is 6.85. The Hall–Kier alpha value is -4.60. The molecule has 1 aliphatic rings. The Bertz CT molecular complexity index is 1510. The molecule has 4 aromatic rings. The van der Waals surface area contributed by atoms with Gasteiger partial charge in [0.2, 0.25) is 0 Å². The highest BCUT2D eigenvalue weighted by Gasteiger charge is 2.22. The molecule has 0 aliphatic carbocycles. The number of nitrogens with zero attached hydrogens (tertiary/aromatic N) is 3. The first-order valence-corrected chi connectivity index (χ1v) is 13.1. The molecule has 6 heteroatoms. The number of aliphatic imine (C=N–C) groups is 1. The van der Waals surface area contributed by atoms with Crippen LogP contribution in [0.1, 0.15) is 22.3 Å². The van der Waals surface area contributed by atoms with Crippen LogP contribution < -0.4 is 9.47 Å². The number of aliphatic hydroxyl groups is 1. The molecule has 0 saturated carbocycles. The van der Waals surface area contributed by atoms with E-state index in [1.54, 1.807) is 6.07 Å². The predicted octanol–water partition coefficient (Wildman–Crippen LogP) is 6.43. The lowest BCUT2D eigenvalue weighted by atomic mass is 9.97. The van der Waals surface area contributed by atoms with Crippen LogP contribution in [0.5, 0.6) is 11.5 Å². The SMILES string of the molecule is [C-]#[N+]c1cccc(COc2cc(OCc3cccc(-c4ccccc4)c3C)ccc2C2=NCCN2CCO)c1. The van der Waals surface area contributed by atoms with E-state index in [-0.39, 0.29) is 6.61 Å². The van der Waals surface area contributed by atoms with Crippen LogP contribution in [0.15, 0.2) is 96.0 Å². The van der Waals surface area contributed by atoms with Crippen molar-refractivity contribution in [2.45, 2.75) is 20.1 Å². The number of rotatable bonds is 10. The van der Waals surface area contributed by atoms with Gasteiger partial charge in [0.05, 0.1) is 25.3 Å². The van der Waals surface area contributed by atoms with E-state index in [1.165, 1.54) is 16.7 Å². The summed E-state index contributed by atoms with van der Waals surface area (Å²) in [5.74, 6) is 2.16. The first kappa shape index (κ1) is 26.0. The molecule has 0 unspecified atom stereocenters. The molecule has 0 aromatic heterocycles. The van der Waals surface area contributed by atoms with E-state index in [0.717, 1.165) is 29.1 Å². The van der Waals surface area contributed by atoms with E-state index in [4.69, 9.17) is 21.0 Å². The summed E-state index contributed by atoms with van der Waals surface area (Å²) in [6, 6.07) is 29.9. The molecule has 1 heterocycles. The molecule has 0 fully saturated rings. The second-order valence-electron chi connectivity index (χ2n) is 9.39. The molecule has 0 spiro atoms. The van der Waals surface area contributed by atoms with Gasteiger partial charge in [-0.05, 0) is 52.9 Å². The van der Waals surface area contributed by atoms with Gasteiger partial charge in [0.25, 0.3) is 0 Å². The van der Waals surface area contributed by atoms with Gasteiger partial charge in [0.1, 0.15) is 30.5 Å². The van der Waals surface area contributed by atoms with Crippen molar-refractivity contribution in [2.75, 3.05) is 26.2 Å².